The van der Waals surface area contributed by atoms with Crippen LogP contribution in [0.15, 0.2) is 12.1 Å². The standard InChI is InChI=1S/C32H31ClF3N7O2S/c33-24-22(18-2-3-20(35)28-21(18)19(13-37)29(38)46-28)25(36)26-23-27(24)44-11-5-17-4-7-39-8-10-43(17)30(23)41-31(40-26)45-15-32-6-1-9-42(32)14-16(34)12-32/h2-3,16-17,39H,1,4-12,14-15,38H2/t16-,17?,32+/m1/s1. The van der Waals surface area contributed by atoms with E-state index >= 15 is 4.39 Å². The summed E-state index contributed by atoms with van der Waals surface area (Å²) in [4.78, 5) is 13.8. The van der Waals surface area contributed by atoms with Gasteiger partial charge < -0.3 is 25.4 Å². The van der Waals surface area contributed by atoms with Crippen LogP contribution in [-0.4, -0.2) is 78.6 Å². The van der Waals surface area contributed by atoms with Crippen molar-refractivity contribution < 1.29 is 22.6 Å². The molecule has 1 unspecified atom stereocenters. The molecule has 0 bridgehead atoms. The van der Waals surface area contributed by atoms with Crippen molar-refractivity contribution in [2.75, 3.05) is 56.6 Å². The van der Waals surface area contributed by atoms with Crippen LogP contribution in [0.25, 0.3) is 32.1 Å². The number of rotatable bonds is 4. The van der Waals surface area contributed by atoms with Crippen LogP contribution in [0, 0.1) is 23.0 Å². The van der Waals surface area contributed by atoms with Gasteiger partial charge in [0, 0.05) is 49.5 Å². The van der Waals surface area contributed by atoms with E-state index in [4.69, 9.17) is 31.8 Å². The van der Waals surface area contributed by atoms with E-state index in [2.05, 4.69) is 20.1 Å². The minimum atomic E-state index is -0.931. The molecule has 14 heteroatoms. The molecule has 3 N–H and O–H groups in total. The molecule has 0 radical (unpaired) electrons. The topological polar surface area (TPSA) is 113 Å². The summed E-state index contributed by atoms with van der Waals surface area (Å²) in [7, 11) is 0. The maximum atomic E-state index is 17.2. The first kappa shape index (κ1) is 29.8. The number of fused-ring (bicyclic) bond motifs is 4. The summed E-state index contributed by atoms with van der Waals surface area (Å²) in [5, 5.41) is 13.9. The molecule has 4 aliphatic heterocycles. The van der Waals surface area contributed by atoms with Gasteiger partial charge in [-0.1, -0.05) is 17.7 Å². The predicted octanol–water partition coefficient (Wildman–Crippen LogP) is 5.80. The number of benzene rings is 2. The van der Waals surface area contributed by atoms with E-state index in [1.165, 1.54) is 12.1 Å². The van der Waals surface area contributed by atoms with Gasteiger partial charge in [-0.15, -0.1) is 11.3 Å². The van der Waals surface area contributed by atoms with Gasteiger partial charge in [0.2, 0.25) is 0 Å². The molecular weight excluding hydrogens is 639 g/mol. The molecule has 9 nitrogen and oxygen atoms in total. The van der Waals surface area contributed by atoms with Gasteiger partial charge in [0.15, 0.2) is 11.6 Å². The molecule has 2 aromatic carbocycles. The van der Waals surface area contributed by atoms with Crippen LogP contribution < -0.4 is 25.4 Å². The third-order valence-electron chi connectivity index (χ3n) is 9.97. The van der Waals surface area contributed by atoms with Crippen molar-refractivity contribution in [2.45, 2.75) is 49.9 Å². The van der Waals surface area contributed by atoms with Gasteiger partial charge >= 0.3 is 6.01 Å². The highest BCUT2D eigenvalue weighted by atomic mass is 35.5. The van der Waals surface area contributed by atoms with Gasteiger partial charge in [-0.2, -0.15) is 15.2 Å². The van der Waals surface area contributed by atoms with Crippen LogP contribution in [0.4, 0.5) is 24.0 Å². The van der Waals surface area contributed by atoms with Gasteiger partial charge in [0.25, 0.3) is 0 Å². The average Bonchev–Trinajstić information content (AvgIpc) is 3.61. The van der Waals surface area contributed by atoms with Crippen LogP contribution >= 0.6 is 22.9 Å². The SMILES string of the molecule is N#Cc1c(N)sc2c(F)ccc(-c3c(Cl)c4c5c(nc(OC[C@@]67CCCN6C[C@H](F)C7)nc5c3F)N3CCNCCC3CCO4)c12. The molecule has 0 amide bonds. The smallest absolute Gasteiger partial charge is 0.319 e. The van der Waals surface area contributed by atoms with Crippen molar-refractivity contribution in [1.82, 2.24) is 20.2 Å². The van der Waals surface area contributed by atoms with Gasteiger partial charge in [-0.3, -0.25) is 4.90 Å². The largest absolute Gasteiger partial charge is 0.491 e. The van der Waals surface area contributed by atoms with Crippen molar-refractivity contribution in [1.29, 1.82) is 5.26 Å². The summed E-state index contributed by atoms with van der Waals surface area (Å²) in [6, 6.07) is 4.68. The molecule has 4 aromatic rings. The van der Waals surface area contributed by atoms with E-state index < -0.39 is 23.3 Å². The molecule has 4 aliphatic rings. The molecule has 0 saturated carbocycles. The molecule has 3 fully saturated rings. The number of thiophene rings is 1. The summed E-state index contributed by atoms with van der Waals surface area (Å²) < 4.78 is 59.4. The van der Waals surface area contributed by atoms with Crippen LogP contribution in [0.2, 0.25) is 5.02 Å². The fourth-order valence-corrected chi connectivity index (χ4v) is 9.13. The predicted molar refractivity (Wildman–Crippen MR) is 172 cm³/mol. The van der Waals surface area contributed by atoms with E-state index in [0.717, 1.165) is 43.7 Å². The van der Waals surface area contributed by atoms with E-state index in [1.54, 1.807) is 0 Å². The van der Waals surface area contributed by atoms with Gasteiger partial charge in [0.05, 0.1) is 32.8 Å². The van der Waals surface area contributed by atoms with Crippen LogP contribution in [0.5, 0.6) is 11.8 Å². The highest BCUT2D eigenvalue weighted by Gasteiger charge is 2.49. The van der Waals surface area contributed by atoms with Gasteiger partial charge in [0.1, 0.15) is 41.0 Å². The van der Waals surface area contributed by atoms with Gasteiger partial charge in [-0.25, -0.2) is 13.2 Å². The first-order chi connectivity index (χ1) is 22.3. The van der Waals surface area contributed by atoms with Crippen molar-refractivity contribution in [3.8, 4) is 29.0 Å². The third-order valence-corrected chi connectivity index (χ3v) is 11.4. The maximum Gasteiger partial charge on any atom is 0.319 e. The van der Waals surface area contributed by atoms with Crippen LogP contribution in [-0.2, 0) is 0 Å². The zero-order valence-electron chi connectivity index (χ0n) is 24.8. The van der Waals surface area contributed by atoms with E-state index in [0.29, 0.717) is 50.3 Å². The fourth-order valence-electron chi connectivity index (χ4n) is 7.84. The van der Waals surface area contributed by atoms with E-state index in [1.807, 2.05) is 6.07 Å². The molecule has 6 heterocycles. The monoisotopic (exact) mass is 669 g/mol. The first-order valence-corrected chi connectivity index (χ1v) is 16.7. The van der Waals surface area contributed by atoms with Gasteiger partial charge in [-0.05, 0) is 44.0 Å². The Morgan fingerprint density at radius 1 is 1.22 bits per heavy atom. The maximum absolute atomic E-state index is 17.2. The lowest BCUT2D eigenvalue weighted by atomic mass is 9.95. The molecule has 8 rings (SSSR count). The number of hydrogen-bond acceptors (Lipinski definition) is 10. The summed E-state index contributed by atoms with van der Waals surface area (Å²) in [5.41, 5.74) is 5.74. The lowest BCUT2D eigenvalue weighted by molar-refractivity contribution is 0.107. The number of nitriles is 1. The van der Waals surface area contributed by atoms with Crippen LogP contribution in [0.3, 0.4) is 0 Å². The Bertz CT molecular complexity index is 1940. The van der Waals surface area contributed by atoms with Crippen molar-refractivity contribution in [3.63, 3.8) is 0 Å². The lowest BCUT2D eigenvalue weighted by Gasteiger charge is -2.35. The number of nitrogens with two attached hydrogens (primary N) is 1. The Kier molecular flexibility index (Phi) is 7.32. The Morgan fingerprint density at radius 2 is 2.09 bits per heavy atom. The molecule has 46 heavy (non-hydrogen) atoms. The summed E-state index contributed by atoms with van der Waals surface area (Å²) in [5.74, 6) is -0.698. The summed E-state index contributed by atoms with van der Waals surface area (Å²) >= 11 is 7.96. The zero-order valence-corrected chi connectivity index (χ0v) is 26.4. The summed E-state index contributed by atoms with van der Waals surface area (Å²) in [6.07, 6.45) is 2.68. The molecule has 240 valence electrons. The Hall–Kier alpha value is -3.57. The van der Waals surface area contributed by atoms with Crippen LogP contribution in [0.1, 0.15) is 37.7 Å². The quantitative estimate of drug-likeness (QED) is 0.278. The number of nitrogens with zero attached hydrogens (tertiary/aromatic N) is 5. The third kappa shape index (κ3) is 4.56. The highest BCUT2D eigenvalue weighted by molar-refractivity contribution is 7.23. The van der Waals surface area contributed by atoms with Crippen molar-refractivity contribution in [3.05, 3.63) is 34.4 Å². The average molecular weight is 670 g/mol. The second-order valence-corrected chi connectivity index (χ2v) is 14.0. The molecule has 0 spiro atoms. The number of nitrogens with one attached hydrogen (secondary N) is 1. The highest BCUT2D eigenvalue weighted by Crippen LogP contribution is 2.51. The number of ether oxygens (including phenoxy) is 2. The number of aromatic nitrogens is 2. The van der Waals surface area contributed by atoms with E-state index in [9.17, 15) is 14.0 Å². The van der Waals surface area contributed by atoms with E-state index in [-0.39, 0.29) is 66.7 Å². The number of alkyl halides is 1. The molecule has 3 saturated heterocycles. The minimum Gasteiger partial charge on any atom is -0.491 e. The first-order valence-electron chi connectivity index (χ1n) is 15.6. The molecule has 3 atom stereocenters. The number of anilines is 2. The minimum absolute atomic E-state index is 0.0255. The second-order valence-electron chi connectivity index (χ2n) is 12.5. The number of hydrogen-bond donors (Lipinski definition) is 2. The Balaban J connectivity index is 1.36. The van der Waals surface area contributed by atoms with Crippen molar-refractivity contribution >= 4 is 54.7 Å². The number of halogens is 4. The lowest BCUT2D eigenvalue weighted by Crippen LogP contribution is -2.43. The number of nitrogen functional groups attached to an aromatic ring is 1. The normalized spacial score (nSPS) is 24.6. The second kappa shape index (κ2) is 11.3. The Labute approximate surface area is 272 Å². The fraction of sp³-hybridized carbons (Fsp3) is 0.469. The van der Waals surface area contributed by atoms with Crippen molar-refractivity contribution in [2.24, 2.45) is 0 Å². The Morgan fingerprint density at radius 3 is 2.93 bits per heavy atom. The zero-order chi connectivity index (χ0) is 31.7. The molecular formula is C32H31ClF3N7O2S. The molecule has 2 aromatic heterocycles. The summed E-state index contributed by atoms with van der Waals surface area (Å²) in [6.45, 7) is 3.78. The molecule has 0 aliphatic carbocycles.